The summed E-state index contributed by atoms with van der Waals surface area (Å²) >= 11 is 1.31. The zero-order valence-corrected chi connectivity index (χ0v) is 20.1. The molecule has 1 amide bonds. The van der Waals surface area contributed by atoms with Crippen molar-refractivity contribution in [2.24, 2.45) is 4.99 Å². The zero-order valence-electron chi connectivity index (χ0n) is 19.3. The molecule has 8 heteroatoms. The van der Waals surface area contributed by atoms with Crippen molar-refractivity contribution in [2.75, 3.05) is 14.2 Å². The number of aromatic carboxylic acids is 1. The van der Waals surface area contributed by atoms with Crippen molar-refractivity contribution in [1.29, 1.82) is 0 Å². The third-order valence-corrected chi connectivity index (χ3v) is 6.44. The summed E-state index contributed by atoms with van der Waals surface area (Å²) in [4.78, 5) is 31.4. The fraction of sp³-hybridized carbons (Fsp3) is 0.148. The second-order valence-corrected chi connectivity index (χ2v) is 8.73. The number of nitrogens with zero attached hydrogens (tertiary/aromatic N) is 2. The molecule has 1 N–H and O–H groups in total. The SMILES string of the molecule is COc1ccc(CN=C2S/C(=C\c3ccc(C(=O)O)cc3)C(=O)N2Cc2ccc(OC)cc2)cc1. The molecule has 0 bridgehead atoms. The van der Waals surface area contributed by atoms with Crippen molar-refractivity contribution in [3.8, 4) is 11.5 Å². The number of hydrogen-bond donors (Lipinski definition) is 1. The summed E-state index contributed by atoms with van der Waals surface area (Å²) in [5.41, 5.74) is 2.88. The summed E-state index contributed by atoms with van der Waals surface area (Å²) in [5, 5.41) is 9.72. The van der Waals surface area contributed by atoms with Crippen LogP contribution in [0, 0.1) is 0 Å². The van der Waals surface area contributed by atoms with E-state index in [1.165, 1.54) is 23.9 Å². The first-order valence-electron chi connectivity index (χ1n) is 10.8. The largest absolute Gasteiger partial charge is 0.497 e. The van der Waals surface area contributed by atoms with E-state index in [1.54, 1.807) is 37.3 Å². The standard InChI is InChI=1S/C27H24N2O5S/c1-33-22-11-5-19(6-12-22)16-28-27-29(17-20-7-13-23(34-2)14-8-20)25(30)24(35-27)15-18-3-9-21(10-4-18)26(31)32/h3-15H,16-17H2,1-2H3,(H,31,32)/b24-15-,28-27?. The summed E-state index contributed by atoms with van der Waals surface area (Å²) in [7, 11) is 3.23. The molecule has 1 aliphatic rings. The predicted octanol–water partition coefficient (Wildman–Crippen LogP) is 5.07. The van der Waals surface area contributed by atoms with E-state index in [2.05, 4.69) is 0 Å². The Balaban J connectivity index is 1.60. The maximum Gasteiger partial charge on any atom is 0.335 e. The Hall–Kier alpha value is -4.04. The van der Waals surface area contributed by atoms with Crippen LogP contribution in [0.2, 0.25) is 0 Å². The summed E-state index contributed by atoms with van der Waals surface area (Å²) in [6, 6.07) is 21.6. The van der Waals surface area contributed by atoms with E-state index >= 15 is 0 Å². The topological polar surface area (TPSA) is 88.4 Å². The molecule has 1 heterocycles. The maximum atomic E-state index is 13.3. The zero-order chi connectivity index (χ0) is 24.8. The van der Waals surface area contributed by atoms with Gasteiger partial charge in [-0.15, -0.1) is 0 Å². The smallest absolute Gasteiger partial charge is 0.335 e. The number of carbonyl (C=O) groups is 2. The lowest BCUT2D eigenvalue weighted by molar-refractivity contribution is -0.122. The molecule has 178 valence electrons. The summed E-state index contributed by atoms with van der Waals surface area (Å²) in [5.74, 6) is 0.373. The molecule has 3 aromatic rings. The van der Waals surface area contributed by atoms with Gasteiger partial charge in [0.1, 0.15) is 11.5 Å². The Labute approximate surface area is 207 Å². The van der Waals surface area contributed by atoms with Crippen LogP contribution in [0.3, 0.4) is 0 Å². The van der Waals surface area contributed by atoms with Gasteiger partial charge in [-0.1, -0.05) is 36.4 Å². The maximum absolute atomic E-state index is 13.3. The number of ether oxygens (including phenoxy) is 2. The first-order valence-corrected chi connectivity index (χ1v) is 11.6. The number of amidine groups is 1. The van der Waals surface area contributed by atoms with Crippen molar-refractivity contribution in [3.63, 3.8) is 0 Å². The highest BCUT2D eigenvalue weighted by atomic mass is 32.2. The van der Waals surface area contributed by atoms with Gasteiger partial charge in [0.2, 0.25) is 0 Å². The van der Waals surface area contributed by atoms with Crippen LogP contribution >= 0.6 is 11.8 Å². The monoisotopic (exact) mass is 488 g/mol. The number of amides is 1. The van der Waals surface area contributed by atoms with E-state index < -0.39 is 5.97 Å². The molecule has 1 saturated heterocycles. The molecule has 4 rings (SSSR count). The van der Waals surface area contributed by atoms with Crippen LogP contribution in [-0.2, 0) is 17.9 Å². The third kappa shape index (κ3) is 5.91. The number of thioether (sulfide) groups is 1. The highest BCUT2D eigenvalue weighted by Gasteiger charge is 2.33. The molecule has 0 atom stereocenters. The fourth-order valence-electron chi connectivity index (χ4n) is 3.44. The second-order valence-electron chi connectivity index (χ2n) is 7.72. The van der Waals surface area contributed by atoms with Crippen LogP contribution in [0.4, 0.5) is 0 Å². The molecule has 0 unspecified atom stereocenters. The molecule has 0 radical (unpaired) electrons. The first kappa shape index (κ1) is 24.1. The van der Waals surface area contributed by atoms with E-state index in [4.69, 9.17) is 19.6 Å². The molecular formula is C27H24N2O5S. The summed E-state index contributed by atoms with van der Waals surface area (Å²) in [6.45, 7) is 0.784. The van der Waals surface area contributed by atoms with E-state index in [0.717, 1.165) is 28.2 Å². The molecule has 0 aromatic heterocycles. The van der Waals surface area contributed by atoms with Gasteiger partial charge in [-0.2, -0.15) is 0 Å². The highest BCUT2D eigenvalue weighted by Crippen LogP contribution is 2.34. The Bertz CT molecular complexity index is 1270. The molecule has 1 fully saturated rings. The van der Waals surface area contributed by atoms with Gasteiger partial charge in [-0.25, -0.2) is 4.79 Å². The molecule has 35 heavy (non-hydrogen) atoms. The normalized spacial score (nSPS) is 15.6. The van der Waals surface area contributed by atoms with E-state index in [9.17, 15) is 9.59 Å². The van der Waals surface area contributed by atoms with Crippen LogP contribution in [0.5, 0.6) is 11.5 Å². The number of carboxylic acid groups (broad SMARTS) is 1. The first-order chi connectivity index (χ1) is 17.0. The van der Waals surface area contributed by atoms with Gasteiger partial charge in [0.25, 0.3) is 5.91 Å². The average Bonchev–Trinajstić information content (AvgIpc) is 3.17. The van der Waals surface area contributed by atoms with Crippen molar-refractivity contribution in [2.45, 2.75) is 13.1 Å². The van der Waals surface area contributed by atoms with Gasteiger partial charge in [0.05, 0.1) is 37.8 Å². The number of benzene rings is 3. The van der Waals surface area contributed by atoms with Crippen LogP contribution in [0.1, 0.15) is 27.0 Å². The van der Waals surface area contributed by atoms with E-state index in [1.807, 2.05) is 48.5 Å². The van der Waals surface area contributed by atoms with Gasteiger partial charge in [-0.05, 0) is 70.9 Å². The van der Waals surface area contributed by atoms with Gasteiger partial charge < -0.3 is 14.6 Å². The minimum atomic E-state index is -0.992. The molecule has 3 aromatic carbocycles. The minimum absolute atomic E-state index is 0.151. The second kappa shape index (κ2) is 10.9. The van der Waals surface area contributed by atoms with Crippen molar-refractivity contribution in [1.82, 2.24) is 4.90 Å². The molecule has 0 spiro atoms. The molecule has 7 nitrogen and oxygen atoms in total. The number of carboxylic acids is 1. The Kier molecular flexibility index (Phi) is 7.52. The fourth-order valence-corrected chi connectivity index (χ4v) is 4.42. The van der Waals surface area contributed by atoms with Crippen molar-refractivity contribution < 1.29 is 24.2 Å². The number of rotatable bonds is 8. The summed E-state index contributed by atoms with van der Waals surface area (Å²) in [6.07, 6.45) is 1.76. The number of carbonyl (C=O) groups excluding carboxylic acids is 1. The molecular weight excluding hydrogens is 464 g/mol. The van der Waals surface area contributed by atoms with Gasteiger partial charge in [0, 0.05) is 0 Å². The lowest BCUT2D eigenvalue weighted by atomic mass is 10.1. The molecule has 1 aliphatic heterocycles. The highest BCUT2D eigenvalue weighted by molar-refractivity contribution is 8.18. The van der Waals surface area contributed by atoms with Gasteiger partial charge in [-0.3, -0.25) is 14.7 Å². The minimum Gasteiger partial charge on any atom is -0.497 e. The van der Waals surface area contributed by atoms with Crippen molar-refractivity contribution in [3.05, 3.63) is 100.0 Å². The van der Waals surface area contributed by atoms with Crippen LogP contribution in [-0.4, -0.2) is 41.3 Å². The number of methoxy groups -OCH3 is 2. The van der Waals surface area contributed by atoms with Crippen molar-refractivity contribution >= 4 is 34.9 Å². The lowest BCUT2D eigenvalue weighted by Gasteiger charge is -2.16. The Morgan fingerprint density at radius 3 is 2.03 bits per heavy atom. The Morgan fingerprint density at radius 1 is 0.914 bits per heavy atom. The van der Waals surface area contributed by atoms with E-state index in [-0.39, 0.29) is 11.5 Å². The Morgan fingerprint density at radius 2 is 1.49 bits per heavy atom. The van der Waals surface area contributed by atoms with E-state index in [0.29, 0.717) is 23.2 Å². The lowest BCUT2D eigenvalue weighted by Crippen LogP contribution is -2.28. The third-order valence-electron chi connectivity index (χ3n) is 5.40. The van der Waals surface area contributed by atoms with Gasteiger partial charge >= 0.3 is 5.97 Å². The van der Waals surface area contributed by atoms with Crippen LogP contribution in [0.25, 0.3) is 6.08 Å². The quantitative estimate of drug-likeness (QED) is 0.445. The van der Waals surface area contributed by atoms with Crippen LogP contribution in [0.15, 0.2) is 82.7 Å². The number of hydrogen-bond acceptors (Lipinski definition) is 6. The number of aliphatic imine (C=N–C) groups is 1. The van der Waals surface area contributed by atoms with Gasteiger partial charge in [0.15, 0.2) is 5.17 Å². The molecule has 0 saturated carbocycles. The molecule has 0 aliphatic carbocycles. The average molecular weight is 489 g/mol. The predicted molar refractivity (Wildman–Crippen MR) is 137 cm³/mol. The van der Waals surface area contributed by atoms with Crippen LogP contribution < -0.4 is 9.47 Å². The summed E-state index contributed by atoms with van der Waals surface area (Å²) < 4.78 is 10.4.